The van der Waals surface area contributed by atoms with Crippen molar-refractivity contribution in [3.63, 3.8) is 0 Å². The van der Waals surface area contributed by atoms with Gasteiger partial charge in [-0.25, -0.2) is 0 Å². The topological polar surface area (TPSA) is 53.4 Å². The Kier molecular flexibility index (Phi) is 5.94. The molecule has 1 aromatic carbocycles. The van der Waals surface area contributed by atoms with Crippen molar-refractivity contribution in [2.75, 3.05) is 13.1 Å². The van der Waals surface area contributed by atoms with E-state index in [-0.39, 0.29) is 5.92 Å². The SMILES string of the molecule is CC[C@@H](Cc1cccc(CN2CC(C(=O)O)C2)n1)c1ccc(Cl)c(C)c1. The zero-order chi connectivity index (χ0) is 18.7. The van der Waals surface area contributed by atoms with Crippen molar-refractivity contribution in [1.29, 1.82) is 0 Å². The molecule has 0 radical (unpaired) electrons. The van der Waals surface area contributed by atoms with E-state index in [1.54, 1.807) is 0 Å². The molecule has 2 aromatic rings. The molecule has 1 aliphatic rings. The number of benzene rings is 1. The van der Waals surface area contributed by atoms with Gasteiger partial charge in [0.05, 0.1) is 11.6 Å². The lowest BCUT2D eigenvalue weighted by atomic mass is 9.90. The number of carboxylic acid groups (broad SMARTS) is 1. The van der Waals surface area contributed by atoms with Gasteiger partial charge >= 0.3 is 5.97 Å². The van der Waals surface area contributed by atoms with Crippen molar-refractivity contribution in [3.05, 3.63) is 63.9 Å². The highest BCUT2D eigenvalue weighted by Crippen LogP contribution is 2.27. The van der Waals surface area contributed by atoms with Crippen molar-refractivity contribution in [3.8, 4) is 0 Å². The number of carbonyl (C=O) groups is 1. The van der Waals surface area contributed by atoms with E-state index in [4.69, 9.17) is 21.7 Å². The molecule has 1 aromatic heterocycles. The van der Waals surface area contributed by atoms with Gasteiger partial charge < -0.3 is 5.11 Å². The number of halogens is 1. The van der Waals surface area contributed by atoms with Gasteiger partial charge in [0.25, 0.3) is 0 Å². The Balaban J connectivity index is 1.65. The molecule has 2 heterocycles. The summed E-state index contributed by atoms with van der Waals surface area (Å²) in [4.78, 5) is 17.8. The fourth-order valence-corrected chi connectivity index (χ4v) is 3.60. The molecule has 5 heteroatoms. The maximum atomic E-state index is 10.9. The smallest absolute Gasteiger partial charge is 0.309 e. The third-order valence-corrected chi connectivity index (χ3v) is 5.58. The van der Waals surface area contributed by atoms with Crippen LogP contribution in [0.5, 0.6) is 0 Å². The van der Waals surface area contributed by atoms with Crippen LogP contribution >= 0.6 is 11.6 Å². The molecule has 0 aliphatic carbocycles. The number of nitrogens with zero attached hydrogens (tertiary/aromatic N) is 2. The van der Waals surface area contributed by atoms with Gasteiger partial charge in [-0.3, -0.25) is 14.7 Å². The molecular formula is C21H25ClN2O2. The Bertz CT molecular complexity index is 787. The van der Waals surface area contributed by atoms with Crippen molar-refractivity contribution in [1.82, 2.24) is 9.88 Å². The minimum Gasteiger partial charge on any atom is -0.481 e. The number of pyridine rings is 1. The molecule has 4 nitrogen and oxygen atoms in total. The Hall–Kier alpha value is -1.91. The Morgan fingerprint density at radius 1 is 1.31 bits per heavy atom. The summed E-state index contributed by atoms with van der Waals surface area (Å²) >= 11 is 6.15. The Morgan fingerprint density at radius 3 is 2.69 bits per heavy atom. The first-order valence-electron chi connectivity index (χ1n) is 9.12. The van der Waals surface area contributed by atoms with E-state index in [0.29, 0.717) is 25.6 Å². The number of carboxylic acids is 1. The molecule has 1 aliphatic heterocycles. The molecule has 0 bridgehead atoms. The van der Waals surface area contributed by atoms with Crippen LogP contribution in [0.2, 0.25) is 5.02 Å². The lowest BCUT2D eigenvalue weighted by Crippen LogP contribution is -2.49. The average molecular weight is 373 g/mol. The summed E-state index contributed by atoms with van der Waals surface area (Å²) in [6, 6.07) is 12.4. The van der Waals surface area contributed by atoms with Crippen LogP contribution in [0.3, 0.4) is 0 Å². The van der Waals surface area contributed by atoms with Gasteiger partial charge in [0.15, 0.2) is 0 Å². The summed E-state index contributed by atoms with van der Waals surface area (Å²) in [6.45, 7) is 6.18. The third-order valence-electron chi connectivity index (χ3n) is 5.16. The standard InChI is InChI=1S/C21H25ClN2O2/c1-3-15(16-7-8-20(22)14(2)9-16)10-18-5-4-6-19(23-18)13-24-11-17(12-24)21(25)26/h4-9,15,17H,3,10-13H2,1-2H3,(H,25,26)/t15-/m0/s1. The van der Waals surface area contributed by atoms with Crippen molar-refractivity contribution >= 4 is 17.6 Å². The molecule has 0 unspecified atom stereocenters. The summed E-state index contributed by atoms with van der Waals surface area (Å²) in [7, 11) is 0. The van der Waals surface area contributed by atoms with Crippen LogP contribution in [0.25, 0.3) is 0 Å². The van der Waals surface area contributed by atoms with Crippen LogP contribution in [0.4, 0.5) is 0 Å². The zero-order valence-corrected chi connectivity index (χ0v) is 16.0. The highest BCUT2D eigenvalue weighted by Gasteiger charge is 2.32. The molecule has 26 heavy (non-hydrogen) atoms. The van der Waals surface area contributed by atoms with Gasteiger partial charge in [0.2, 0.25) is 0 Å². The molecular weight excluding hydrogens is 348 g/mol. The summed E-state index contributed by atoms with van der Waals surface area (Å²) in [6.07, 6.45) is 1.93. The number of aryl methyl sites for hydroxylation is 1. The van der Waals surface area contributed by atoms with Crippen molar-refractivity contribution in [2.24, 2.45) is 5.92 Å². The fourth-order valence-electron chi connectivity index (χ4n) is 3.49. The maximum absolute atomic E-state index is 10.9. The van der Waals surface area contributed by atoms with E-state index in [9.17, 15) is 4.79 Å². The average Bonchev–Trinajstić information content (AvgIpc) is 2.58. The van der Waals surface area contributed by atoms with E-state index in [1.807, 2.05) is 25.1 Å². The summed E-state index contributed by atoms with van der Waals surface area (Å²) in [5.74, 6) is -0.517. The predicted molar refractivity (Wildman–Crippen MR) is 104 cm³/mol. The maximum Gasteiger partial charge on any atom is 0.309 e. The molecule has 1 atom stereocenters. The lowest BCUT2D eigenvalue weighted by Gasteiger charge is -2.36. The first-order chi connectivity index (χ1) is 12.5. The second-order valence-corrected chi connectivity index (χ2v) is 7.57. The number of hydrogen-bond donors (Lipinski definition) is 1. The number of rotatable bonds is 7. The molecule has 1 fully saturated rings. The van der Waals surface area contributed by atoms with E-state index < -0.39 is 5.97 Å². The number of aliphatic carboxylic acids is 1. The van der Waals surface area contributed by atoms with E-state index in [1.165, 1.54) is 5.56 Å². The summed E-state index contributed by atoms with van der Waals surface area (Å²) < 4.78 is 0. The molecule has 1 N–H and O–H groups in total. The van der Waals surface area contributed by atoms with Crippen LogP contribution in [-0.2, 0) is 17.8 Å². The minimum absolute atomic E-state index is 0.226. The van der Waals surface area contributed by atoms with Crippen LogP contribution in [0.1, 0.15) is 41.8 Å². The molecule has 138 valence electrons. The number of likely N-dealkylation sites (tertiary alicyclic amines) is 1. The fraction of sp³-hybridized carbons (Fsp3) is 0.429. The predicted octanol–water partition coefficient (Wildman–Crippen LogP) is 4.30. The van der Waals surface area contributed by atoms with Gasteiger partial charge in [-0.15, -0.1) is 0 Å². The zero-order valence-electron chi connectivity index (χ0n) is 15.3. The highest BCUT2D eigenvalue weighted by atomic mass is 35.5. The summed E-state index contributed by atoms with van der Waals surface area (Å²) in [5, 5.41) is 9.79. The number of hydrogen-bond acceptors (Lipinski definition) is 3. The second-order valence-electron chi connectivity index (χ2n) is 7.17. The first-order valence-corrected chi connectivity index (χ1v) is 9.50. The van der Waals surface area contributed by atoms with Crippen LogP contribution in [-0.4, -0.2) is 34.0 Å². The number of aromatic nitrogens is 1. The molecule has 1 saturated heterocycles. The van der Waals surface area contributed by atoms with Gasteiger partial charge in [-0.1, -0.05) is 36.7 Å². The van der Waals surface area contributed by atoms with E-state index >= 15 is 0 Å². The Labute approximate surface area is 159 Å². The quantitative estimate of drug-likeness (QED) is 0.787. The second kappa shape index (κ2) is 8.19. The van der Waals surface area contributed by atoms with Gasteiger partial charge in [-0.05, 0) is 55.0 Å². The highest BCUT2D eigenvalue weighted by molar-refractivity contribution is 6.31. The van der Waals surface area contributed by atoms with Gasteiger partial charge in [0, 0.05) is 30.4 Å². The summed E-state index contributed by atoms with van der Waals surface area (Å²) in [5.41, 5.74) is 4.49. The molecule has 0 amide bonds. The largest absolute Gasteiger partial charge is 0.481 e. The van der Waals surface area contributed by atoms with E-state index in [0.717, 1.165) is 34.8 Å². The van der Waals surface area contributed by atoms with Crippen molar-refractivity contribution < 1.29 is 9.90 Å². The Morgan fingerprint density at radius 2 is 2.04 bits per heavy atom. The first kappa shape index (κ1) is 18.9. The van der Waals surface area contributed by atoms with Gasteiger partial charge in [-0.2, -0.15) is 0 Å². The third kappa shape index (κ3) is 4.43. The van der Waals surface area contributed by atoms with Crippen molar-refractivity contribution in [2.45, 2.75) is 39.2 Å². The normalized spacial score (nSPS) is 16.3. The monoisotopic (exact) mass is 372 g/mol. The van der Waals surface area contributed by atoms with E-state index in [2.05, 4.69) is 30.0 Å². The molecule has 0 saturated carbocycles. The van der Waals surface area contributed by atoms with Crippen LogP contribution < -0.4 is 0 Å². The lowest BCUT2D eigenvalue weighted by molar-refractivity contribution is -0.147. The molecule has 3 rings (SSSR count). The molecule has 0 spiro atoms. The minimum atomic E-state index is -0.702. The van der Waals surface area contributed by atoms with Gasteiger partial charge in [0.1, 0.15) is 0 Å². The van der Waals surface area contributed by atoms with Crippen LogP contribution in [0, 0.1) is 12.8 Å². The van der Waals surface area contributed by atoms with Crippen LogP contribution in [0.15, 0.2) is 36.4 Å².